The first-order valence-corrected chi connectivity index (χ1v) is 13.4. The summed E-state index contributed by atoms with van der Waals surface area (Å²) in [5.41, 5.74) is 0.908. The van der Waals surface area contributed by atoms with Crippen LogP contribution in [0.3, 0.4) is 0 Å². The SMILES string of the molecule is CNCc1cn(CCOCCOCCOCCOCCOCCOCCOCCOCCOCC(C)=O)nn1. The average Bonchev–Trinajstić information content (AvgIpc) is 3.37. The van der Waals surface area contributed by atoms with Gasteiger partial charge in [0.1, 0.15) is 6.61 Å². The van der Waals surface area contributed by atoms with Gasteiger partial charge in [-0.25, -0.2) is 4.68 Å². The van der Waals surface area contributed by atoms with Gasteiger partial charge in [0.15, 0.2) is 5.78 Å². The molecule has 14 heteroatoms. The van der Waals surface area contributed by atoms with Crippen LogP contribution >= 0.6 is 0 Å². The number of nitrogens with one attached hydrogen (secondary N) is 1. The minimum Gasteiger partial charge on any atom is -0.377 e. The number of carbonyl (C=O) groups is 1. The molecule has 14 nitrogen and oxygen atoms in total. The molecule has 228 valence electrons. The fraction of sp³-hybridized carbons (Fsp3) is 0.880. The number of hydrogen-bond donors (Lipinski definition) is 1. The second-order valence-corrected chi connectivity index (χ2v) is 8.16. The van der Waals surface area contributed by atoms with Crippen molar-refractivity contribution in [1.82, 2.24) is 20.3 Å². The molecule has 0 saturated carbocycles. The highest BCUT2D eigenvalue weighted by atomic mass is 16.6. The molecule has 1 heterocycles. The van der Waals surface area contributed by atoms with E-state index < -0.39 is 0 Å². The van der Waals surface area contributed by atoms with Crippen LogP contribution in [0.25, 0.3) is 0 Å². The lowest BCUT2D eigenvalue weighted by atomic mass is 10.5. The molecule has 39 heavy (non-hydrogen) atoms. The maximum absolute atomic E-state index is 10.7. The molecule has 0 unspecified atom stereocenters. The molecule has 0 bridgehead atoms. The van der Waals surface area contributed by atoms with E-state index in [1.54, 1.807) is 4.68 Å². The zero-order chi connectivity index (χ0) is 28.1. The van der Waals surface area contributed by atoms with Gasteiger partial charge in [0.05, 0.1) is 125 Å². The largest absolute Gasteiger partial charge is 0.377 e. The lowest BCUT2D eigenvalue weighted by Gasteiger charge is -2.09. The Hall–Kier alpha value is -1.59. The Morgan fingerprint density at radius 3 is 1.36 bits per heavy atom. The fourth-order valence-corrected chi connectivity index (χ4v) is 2.84. The second kappa shape index (κ2) is 28.0. The van der Waals surface area contributed by atoms with Crippen LogP contribution in [0, 0.1) is 0 Å². The van der Waals surface area contributed by atoms with Gasteiger partial charge in [-0.1, -0.05) is 5.21 Å². The molecule has 0 aliphatic carbocycles. The highest BCUT2D eigenvalue weighted by Gasteiger charge is 2.00. The third-order valence-corrected chi connectivity index (χ3v) is 4.69. The summed E-state index contributed by atoms with van der Waals surface area (Å²) in [4.78, 5) is 10.7. The van der Waals surface area contributed by atoms with Crippen molar-refractivity contribution in [3.63, 3.8) is 0 Å². The molecular weight excluding hydrogens is 516 g/mol. The lowest BCUT2D eigenvalue weighted by Crippen LogP contribution is -2.15. The first-order chi connectivity index (χ1) is 19.2. The second-order valence-electron chi connectivity index (χ2n) is 8.16. The van der Waals surface area contributed by atoms with Crippen molar-refractivity contribution in [2.75, 3.05) is 126 Å². The van der Waals surface area contributed by atoms with E-state index in [-0.39, 0.29) is 12.4 Å². The standard InChI is InChI=1S/C25H48N4O10/c1-24(30)23-39-20-19-38-18-17-37-16-15-36-14-13-35-12-11-34-10-9-33-8-7-32-6-5-31-4-3-29-22-25(21-26-2)27-28-29/h22,26H,3-21,23H2,1-2H3. The quantitative estimate of drug-likeness (QED) is 0.118. The van der Waals surface area contributed by atoms with E-state index in [9.17, 15) is 4.79 Å². The molecule has 0 spiro atoms. The van der Waals surface area contributed by atoms with Gasteiger partial charge >= 0.3 is 0 Å². The minimum absolute atomic E-state index is 0.00542. The number of hydrogen-bond acceptors (Lipinski definition) is 13. The third-order valence-electron chi connectivity index (χ3n) is 4.69. The van der Waals surface area contributed by atoms with Crippen molar-refractivity contribution < 1.29 is 47.4 Å². The highest BCUT2D eigenvalue weighted by Crippen LogP contribution is 1.92. The monoisotopic (exact) mass is 564 g/mol. The number of ketones is 1. The lowest BCUT2D eigenvalue weighted by molar-refractivity contribution is -0.122. The average molecular weight is 565 g/mol. The number of carbonyl (C=O) groups excluding carboxylic acids is 1. The topological polar surface area (TPSA) is 143 Å². The first kappa shape index (κ1) is 35.4. The van der Waals surface area contributed by atoms with Crippen LogP contribution in [0.5, 0.6) is 0 Å². The summed E-state index contributed by atoms with van der Waals surface area (Å²) in [7, 11) is 1.87. The Labute approximate surface area is 231 Å². The van der Waals surface area contributed by atoms with Gasteiger partial charge in [-0.15, -0.1) is 5.10 Å². The normalized spacial score (nSPS) is 11.4. The highest BCUT2D eigenvalue weighted by molar-refractivity contribution is 5.76. The zero-order valence-electron chi connectivity index (χ0n) is 23.6. The van der Waals surface area contributed by atoms with Gasteiger partial charge in [0, 0.05) is 12.7 Å². The van der Waals surface area contributed by atoms with Gasteiger partial charge in [-0.05, 0) is 14.0 Å². The van der Waals surface area contributed by atoms with E-state index in [4.69, 9.17) is 42.6 Å². The summed E-state index contributed by atoms with van der Waals surface area (Å²) in [5.74, 6) is 0.00542. The van der Waals surface area contributed by atoms with Crippen LogP contribution in [0.2, 0.25) is 0 Å². The van der Waals surface area contributed by atoms with Gasteiger partial charge in [0.2, 0.25) is 0 Å². The first-order valence-electron chi connectivity index (χ1n) is 13.4. The molecule has 1 N–H and O–H groups in total. The van der Waals surface area contributed by atoms with E-state index >= 15 is 0 Å². The van der Waals surface area contributed by atoms with Gasteiger partial charge in [0.25, 0.3) is 0 Å². The Bertz CT molecular complexity index is 669. The van der Waals surface area contributed by atoms with Crippen LogP contribution in [0.1, 0.15) is 12.6 Å². The van der Waals surface area contributed by atoms with Crippen LogP contribution < -0.4 is 5.32 Å². The van der Waals surface area contributed by atoms with Gasteiger partial charge in [-0.2, -0.15) is 0 Å². The molecule has 0 aliphatic heterocycles. The summed E-state index contributed by atoms with van der Waals surface area (Å²) < 4.78 is 50.4. The summed E-state index contributed by atoms with van der Waals surface area (Å²) in [5, 5.41) is 11.1. The maximum Gasteiger partial charge on any atom is 0.155 e. The summed E-state index contributed by atoms with van der Waals surface area (Å²) >= 11 is 0. The zero-order valence-corrected chi connectivity index (χ0v) is 23.6. The molecule has 0 fully saturated rings. The number of ether oxygens (including phenoxy) is 9. The predicted molar refractivity (Wildman–Crippen MR) is 141 cm³/mol. The van der Waals surface area contributed by atoms with Gasteiger partial charge in [-0.3, -0.25) is 4.79 Å². The Balaban J connectivity index is 1.66. The van der Waals surface area contributed by atoms with Crippen molar-refractivity contribution in [2.24, 2.45) is 0 Å². The molecule has 0 aromatic carbocycles. The molecule has 1 aromatic heterocycles. The maximum atomic E-state index is 10.7. The van der Waals surface area contributed by atoms with Crippen molar-refractivity contribution >= 4 is 5.78 Å². The van der Waals surface area contributed by atoms with Crippen LogP contribution in [0.4, 0.5) is 0 Å². The third kappa shape index (κ3) is 25.1. The summed E-state index contributed by atoms with van der Waals surface area (Å²) in [6, 6.07) is 0. The van der Waals surface area contributed by atoms with E-state index in [1.165, 1.54) is 6.92 Å². The van der Waals surface area contributed by atoms with E-state index in [0.717, 1.165) is 5.69 Å². The van der Waals surface area contributed by atoms with Gasteiger partial charge < -0.3 is 47.9 Å². The smallest absolute Gasteiger partial charge is 0.155 e. The van der Waals surface area contributed by atoms with E-state index in [0.29, 0.717) is 125 Å². The molecule has 0 amide bonds. The van der Waals surface area contributed by atoms with E-state index in [2.05, 4.69) is 15.6 Å². The minimum atomic E-state index is 0.00542. The van der Waals surface area contributed by atoms with Crippen LogP contribution in [0.15, 0.2) is 6.20 Å². The Kier molecular flexibility index (Phi) is 25.4. The van der Waals surface area contributed by atoms with Crippen LogP contribution in [-0.4, -0.2) is 147 Å². The van der Waals surface area contributed by atoms with Crippen molar-refractivity contribution in [3.05, 3.63) is 11.9 Å². The fourth-order valence-electron chi connectivity index (χ4n) is 2.84. The molecular formula is C25H48N4O10. The molecule has 1 rings (SSSR count). The number of rotatable bonds is 31. The molecule has 0 aliphatic rings. The van der Waals surface area contributed by atoms with Crippen molar-refractivity contribution in [1.29, 1.82) is 0 Å². The van der Waals surface area contributed by atoms with Crippen molar-refractivity contribution in [2.45, 2.75) is 20.0 Å². The van der Waals surface area contributed by atoms with Crippen molar-refractivity contribution in [3.8, 4) is 0 Å². The molecule has 0 saturated heterocycles. The summed E-state index contributed by atoms with van der Waals surface area (Å²) in [6.45, 7) is 11.4. The molecule has 0 atom stereocenters. The Morgan fingerprint density at radius 1 is 0.641 bits per heavy atom. The molecule has 1 aromatic rings. The van der Waals surface area contributed by atoms with Crippen LogP contribution in [-0.2, 0) is 60.5 Å². The predicted octanol–water partition coefficient (Wildman–Crippen LogP) is -0.264. The number of Topliss-reactive ketones (excluding diaryl/α,β-unsaturated/α-hetero) is 1. The number of nitrogens with zero attached hydrogens (tertiary/aromatic N) is 3. The summed E-state index contributed by atoms with van der Waals surface area (Å²) in [6.07, 6.45) is 1.90. The molecule has 0 radical (unpaired) electrons. The Morgan fingerprint density at radius 2 is 1.00 bits per heavy atom. The number of aromatic nitrogens is 3. The van der Waals surface area contributed by atoms with E-state index in [1.807, 2.05) is 13.2 Å².